The quantitative estimate of drug-likeness (QED) is 0.659. The monoisotopic (exact) mass is 388 g/mol. The fourth-order valence-corrected chi connectivity index (χ4v) is 4.01. The van der Waals surface area contributed by atoms with E-state index >= 15 is 0 Å². The van der Waals surface area contributed by atoms with Gasteiger partial charge in [0.15, 0.2) is 12.1 Å². The lowest BCUT2D eigenvalue weighted by atomic mass is 9.96. The lowest BCUT2D eigenvalue weighted by Crippen LogP contribution is -2.34. The first-order chi connectivity index (χ1) is 13.2. The van der Waals surface area contributed by atoms with Gasteiger partial charge in [-0.25, -0.2) is 0 Å². The Bertz CT molecular complexity index is 752. The third-order valence-electron chi connectivity index (χ3n) is 5.20. The lowest BCUT2D eigenvalue weighted by molar-refractivity contribution is -0.152. The SMILES string of the molecule is Cc1cc(C)c2c(c1)/C=C/C[C@@H]1OC(C)(C)O[C@@H]1[C@@H](O)/C=C\C[C@H](C)O[C@@H]2O. The molecule has 2 N–H and O–H groups in total. The van der Waals surface area contributed by atoms with Crippen LogP contribution in [0.5, 0.6) is 0 Å². The molecule has 0 amide bonds. The second kappa shape index (κ2) is 8.47. The highest BCUT2D eigenvalue weighted by Gasteiger charge is 2.43. The molecule has 154 valence electrons. The van der Waals surface area contributed by atoms with Crippen LogP contribution in [0.25, 0.3) is 6.08 Å². The standard InChI is InChI=1S/C23H32O5/c1-14-12-15(2)20-17(13-14)9-7-11-19-21(28-23(4,5)27-19)18(24)10-6-8-16(3)26-22(20)25/h6-7,9-10,12-13,16,18-19,21-22,24-25H,8,11H2,1-5H3/b9-7+,10-6-/t16-,18-,19-,21+,22-/m0/s1. The number of rotatable bonds is 0. The normalized spacial score (nSPS) is 35.5. The summed E-state index contributed by atoms with van der Waals surface area (Å²) in [4.78, 5) is 0. The Morgan fingerprint density at radius 2 is 1.79 bits per heavy atom. The Hall–Kier alpha value is -1.50. The highest BCUT2D eigenvalue weighted by Crippen LogP contribution is 2.33. The van der Waals surface area contributed by atoms with Crippen LogP contribution in [-0.2, 0) is 14.2 Å². The number of aliphatic hydroxyl groups excluding tert-OH is 2. The van der Waals surface area contributed by atoms with Crippen LogP contribution in [0, 0.1) is 13.8 Å². The molecule has 2 aliphatic rings. The molecule has 1 saturated heterocycles. The predicted octanol–water partition coefficient (Wildman–Crippen LogP) is 3.94. The second-order valence-corrected chi connectivity index (χ2v) is 8.31. The molecule has 1 aromatic rings. The highest BCUT2D eigenvalue weighted by atomic mass is 16.8. The van der Waals surface area contributed by atoms with Gasteiger partial charge in [0, 0.05) is 5.56 Å². The van der Waals surface area contributed by atoms with E-state index in [9.17, 15) is 10.2 Å². The highest BCUT2D eigenvalue weighted by molar-refractivity contribution is 5.58. The summed E-state index contributed by atoms with van der Waals surface area (Å²) in [5.74, 6) is -0.733. The summed E-state index contributed by atoms with van der Waals surface area (Å²) >= 11 is 0. The maximum absolute atomic E-state index is 10.7. The van der Waals surface area contributed by atoms with E-state index in [2.05, 4.69) is 6.07 Å². The van der Waals surface area contributed by atoms with Crippen molar-refractivity contribution in [2.24, 2.45) is 0 Å². The molecule has 0 unspecified atom stereocenters. The fraction of sp³-hybridized carbons (Fsp3) is 0.565. The largest absolute Gasteiger partial charge is 0.386 e. The van der Waals surface area contributed by atoms with Gasteiger partial charge in [-0.3, -0.25) is 0 Å². The molecule has 1 aromatic carbocycles. The van der Waals surface area contributed by atoms with E-state index < -0.39 is 24.3 Å². The topological polar surface area (TPSA) is 68.2 Å². The maximum Gasteiger partial charge on any atom is 0.182 e. The number of benzene rings is 1. The van der Waals surface area contributed by atoms with Crippen molar-refractivity contribution in [2.45, 2.75) is 84.0 Å². The summed E-state index contributed by atoms with van der Waals surface area (Å²) < 4.78 is 17.8. The van der Waals surface area contributed by atoms with Gasteiger partial charge in [-0.05, 0) is 58.6 Å². The molecule has 2 heterocycles. The van der Waals surface area contributed by atoms with Crippen molar-refractivity contribution >= 4 is 6.08 Å². The molecular weight excluding hydrogens is 356 g/mol. The zero-order valence-electron chi connectivity index (χ0n) is 17.4. The molecule has 3 rings (SSSR count). The molecule has 0 bridgehead atoms. The third-order valence-corrected chi connectivity index (χ3v) is 5.20. The molecule has 28 heavy (non-hydrogen) atoms. The number of ether oxygens (including phenoxy) is 3. The van der Waals surface area contributed by atoms with E-state index in [-0.39, 0.29) is 12.2 Å². The Balaban J connectivity index is 1.97. The van der Waals surface area contributed by atoms with Crippen molar-refractivity contribution in [3.63, 3.8) is 0 Å². The van der Waals surface area contributed by atoms with E-state index in [1.165, 1.54) is 0 Å². The van der Waals surface area contributed by atoms with Gasteiger partial charge in [0.2, 0.25) is 0 Å². The smallest absolute Gasteiger partial charge is 0.182 e. The van der Waals surface area contributed by atoms with Crippen LogP contribution >= 0.6 is 0 Å². The zero-order valence-corrected chi connectivity index (χ0v) is 17.4. The van der Waals surface area contributed by atoms with Crippen molar-refractivity contribution in [2.75, 3.05) is 0 Å². The zero-order chi connectivity index (χ0) is 20.5. The Morgan fingerprint density at radius 1 is 1.04 bits per heavy atom. The van der Waals surface area contributed by atoms with Gasteiger partial charge < -0.3 is 24.4 Å². The van der Waals surface area contributed by atoms with Crippen molar-refractivity contribution in [3.8, 4) is 0 Å². The Kier molecular flexibility index (Phi) is 6.42. The summed E-state index contributed by atoms with van der Waals surface area (Å²) in [6.45, 7) is 9.66. The Morgan fingerprint density at radius 3 is 2.54 bits per heavy atom. The van der Waals surface area contributed by atoms with E-state index in [0.717, 1.165) is 22.3 Å². The van der Waals surface area contributed by atoms with Crippen molar-refractivity contribution < 1.29 is 24.4 Å². The molecule has 0 radical (unpaired) electrons. The summed E-state index contributed by atoms with van der Waals surface area (Å²) in [5.41, 5.74) is 3.84. The van der Waals surface area contributed by atoms with E-state index in [0.29, 0.717) is 12.8 Å². The number of aliphatic hydroxyl groups is 2. The molecular formula is C23H32O5. The number of hydrogen-bond acceptors (Lipinski definition) is 5. The Labute approximate surface area is 167 Å². The lowest BCUT2D eigenvalue weighted by Gasteiger charge is -2.23. The maximum atomic E-state index is 10.7. The van der Waals surface area contributed by atoms with Gasteiger partial charge in [-0.2, -0.15) is 0 Å². The van der Waals surface area contributed by atoms with Crippen molar-refractivity contribution in [1.29, 1.82) is 0 Å². The van der Waals surface area contributed by atoms with Gasteiger partial charge in [-0.1, -0.05) is 42.0 Å². The summed E-state index contributed by atoms with van der Waals surface area (Å²) in [5, 5.41) is 21.3. The fourth-order valence-electron chi connectivity index (χ4n) is 4.01. The van der Waals surface area contributed by atoms with Crippen LogP contribution in [0.2, 0.25) is 0 Å². The van der Waals surface area contributed by atoms with Gasteiger partial charge in [0.25, 0.3) is 0 Å². The average Bonchev–Trinajstić information content (AvgIpc) is 2.88. The minimum atomic E-state index is -1.01. The molecule has 5 nitrogen and oxygen atoms in total. The summed E-state index contributed by atoms with van der Waals surface area (Å²) in [7, 11) is 0. The van der Waals surface area contributed by atoms with Crippen LogP contribution < -0.4 is 0 Å². The van der Waals surface area contributed by atoms with Gasteiger partial charge >= 0.3 is 0 Å². The molecule has 2 aliphatic heterocycles. The average molecular weight is 389 g/mol. The predicted molar refractivity (Wildman–Crippen MR) is 109 cm³/mol. The molecule has 5 heteroatoms. The van der Waals surface area contributed by atoms with E-state index in [4.69, 9.17) is 14.2 Å². The van der Waals surface area contributed by atoms with Gasteiger partial charge in [-0.15, -0.1) is 0 Å². The van der Waals surface area contributed by atoms with E-state index in [1.54, 1.807) is 6.08 Å². The number of hydrogen-bond donors (Lipinski definition) is 2. The van der Waals surface area contributed by atoms with Crippen LogP contribution in [-0.4, -0.2) is 40.4 Å². The van der Waals surface area contributed by atoms with Crippen molar-refractivity contribution in [3.05, 3.63) is 52.6 Å². The molecule has 0 aliphatic carbocycles. The third kappa shape index (κ3) is 4.91. The molecule has 0 spiro atoms. The van der Waals surface area contributed by atoms with Crippen LogP contribution in [0.3, 0.4) is 0 Å². The molecule has 1 fully saturated rings. The van der Waals surface area contributed by atoms with Crippen LogP contribution in [0.4, 0.5) is 0 Å². The van der Waals surface area contributed by atoms with Crippen molar-refractivity contribution in [1.82, 2.24) is 0 Å². The molecule has 0 saturated carbocycles. The van der Waals surface area contributed by atoms with Gasteiger partial charge in [0.05, 0.1) is 12.2 Å². The molecule has 5 atom stereocenters. The summed E-state index contributed by atoms with van der Waals surface area (Å²) in [6.07, 6.45) is 6.12. The minimum absolute atomic E-state index is 0.202. The minimum Gasteiger partial charge on any atom is -0.386 e. The molecule has 0 aromatic heterocycles. The first-order valence-corrected chi connectivity index (χ1v) is 9.98. The second-order valence-electron chi connectivity index (χ2n) is 8.31. The van der Waals surface area contributed by atoms with Crippen LogP contribution in [0.1, 0.15) is 62.2 Å². The summed E-state index contributed by atoms with van der Waals surface area (Å²) in [6, 6.07) is 4.10. The number of aryl methyl sites for hydroxylation is 2. The van der Waals surface area contributed by atoms with Crippen LogP contribution in [0.15, 0.2) is 30.4 Å². The van der Waals surface area contributed by atoms with Gasteiger partial charge in [0.1, 0.15) is 12.2 Å². The first kappa shape index (κ1) is 21.2. The van der Waals surface area contributed by atoms with E-state index in [1.807, 2.05) is 58.9 Å². The first-order valence-electron chi connectivity index (χ1n) is 9.98. The number of fused-ring (bicyclic) bond motifs is 2.